The highest BCUT2D eigenvalue weighted by Gasteiger charge is 2.53. The molecule has 1 aliphatic rings. The van der Waals surface area contributed by atoms with Crippen LogP contribution in [0.4, 0.5) is 0 Å². The van der Waals surface area contributed by atoms with Crippen molar-refractivity contribution >= 4 is 23.9 Å². The van der Waals surface area contributed by atoms with Gasteiger partial charge in [-0.05, 0) is 48.5 Å². The second kappa shape index (κ2) is 16.1. The summed E-state index contributed by atoms with van der Waals surface area (Å²) >= 11 is 0. The number of carbonyl (C=O) groups excluding carboxylic acids is 4. The lowest BCUT2D eigenvalue weighted by Crippen LogP contribution is -2.63. The van der Waals surface area contributed by atoms with Gasteiger partial charge in [-0.2, -0.15) is 0 Å². The Bertz CT molecular complexity index is 1640. The van der Waals surface area contributed by atoms with E-state index in [1.54, 1.807) is 121 Å². The molecule has 5 rings (SSSR count). The third-order valence-corrected chi connectivity index (χ3v) is 7.12. The minimum Gasteiger partial charge on any atom is -0.459 e. The number of benzene rings is 4. The smallest absolute Gasteiger partial charge is 0.338 e. The standard InChI is InChI=1S/C37H32O10/c1-2-23-42-37-32(47-36(41)28-21-13-6-14-22-28)31(46-35(40)27-19-11-5-12-20-27)30(45-34(39)26-17-9-4-10-18-26)29(44-37)24-43-33(38)25-15-7-3-8-16-25/h2-22,29-32,37H,1,23-24H2/t29-,30-,31+,32+,37?/m1/s1. The van der Waals surface area contributed by atoms with E-state index in [4.69, 9.17) is 28.4 Å². The first kappa shape index (κ1) is 32.8. The molecule has 0 aliphatic carbocycles. The lowest BCUT2D eigenvalue weighted by molar-refractivity contribution is -0.295. The van der Waals surface area contributed by atoms with E-state index in [0.717, 1.165) is 0 Å². The Labute approximate surface area is 271 Å². The molecule has 0 aromatic heterocycles. The minimum absolute atomic E-state index is 0.0472. The van der Waals surface area contributed by atoms with Crippen LogP contribution in [0.2, 0.25) is 0 Å². The van der Waals surface area contributed by atoms with Gasteiger partial charge in [-0.15, -0.1) is 6.58 Å². The molecule has 10 heteroatoms. The van der Waals surface area contributed by atoms with E-state index in [0.29, 0.717) is 0 Å². The van der Waals surface area contributed by atoms with Gasteiger partial charge in [0.2, 0.25) is 0 Å². The molecule has 4 aromatic rings. The van der Waals surface area contributed by atoms with Crippen molar-refractivity contribution in [1.82, 2.24) is 0 Å². The summed E-state index contributed by atoms with van der Waals surface area (Å²) in [6.07, 6.45) is -5.49. The van der Waals surface area contributed by atoms with Crippen molar-refractivity contribution in [3.8, 4) is 0 Å². The zero-order valence-electron chi connectivity index (χ0n) is 25.2. The normalized spacial score (nSPS) is 20.3. The van der Waals surface area contributed by atoms with Crippen LogP contribution in [-0.2, 0) is 28.4 Å². The van der Waals surface area contributed by atoms with Crippen LogP contribution in [0, 0.1) is 0 Å². The predicted molar refractivity (Wildman–Crippen MR) is 168 cm³/mol. The highest BCUT2D eigenvalue weighted by Crippen LogP contribution is 2.31. The SMILES string of the molecule is C=CCOC1O[C@H](COC(=O)c2ccccc2)[C@@H](OC(=O)c2ccccc2)[C@H](OC(=O)c2ccccc2)[C@@H]1OC(=O)c1ccccc1. The van der Waals surface area contributed by atoms with Gasteiger partial charge in [-0.25, -0.2) is 19.2 Å². The van der Waals surface area contributed by atoms with E-state index >= 15 is 0 Å². The van der Waals surface area contributed by atoms with Crippen molar-refractivity contribution < 1.29 is 47.6 Å². The molecule has 0 spiro atoms. The fourth-order valence-corrected chi connectivity index (χ4v) is 4.82. The topological polar surface area (TPSA) is 124 Å². The molecule has 240 valence electrons. The number of carbonyl (C=O) groups is 4. The Morgan fingerprint density at radius 2 is 0.936 bits per heavy atom. The van der Waals surface area contributed by atoms with Gasteiger partial charge in [0.25, 0.3) is 0 Å². The van der Waals surface area contributed by atoms with E-state index in [2.05, 4.69) is 6.58 Å². The van der Waals surface area contributed by atoms with Crippen LogP contribution >= 0.6 is 0 Å². The van der Waals surface area contributed by atoms with Crippen molar-refractivity contribution in [1.29, 1.82) is 0 Å². The van der Waals surface area contributed by atoms with Gasteiger partial charge in [-0.3, -0.25) is 0 Å². The van der Waals surface area contributed by atoms with E-state index in [-0.39, 0.29) is 28.9 Å². The summed E-state index contributed by atoms with van der Waals surface area (Å²) in [6, 6.07) is 32.7. The summed E-state index contributed by atoms with van der Waals surface area (Å²) in [5.74, 6) is -3.00. The molecule has 1 unspecified atom stereocenters. The second-order valence-corrected chi connectivity index (χ2v) is 10.3. The van der Waals surface area contributed by atoms with Gasteiger partial charge in [0.1, 0.15) is 12.7 Å². The van der Waals surface area contributed by atoms with Crippen LogP contribution in [0.25, 0.3) is 0 Å². The maximum absolute atomic E-state index is 13.5. The highest BCUT2D eigenvalue weighted by molar-refractivity contribution is 5.91. The number of hydrogen-bond donors (Lipinski definition) is 0. The first-order valence-corrected chi connectivity index (χ1v) is 14.8. The van der Waals surface area contributed by atoms with Crippen LogP contribution in [0.15, 0.2) is 134 Å². The van der Waals surface area contributed by atoms with Crippen molar-refractivity contribution in [2.75, 3.05) is 13.2 Å². The minimum atomic E-state index is -1.48. The summed E-state index contributed by atoms with van der Waals surface area (Å²) in [6.45, 7) is 3.19. The molecule has 4 aromatic carbocycles. The number of hydrogen-bond acceptors (Lipinski definition) is 10. The molecular weight excluding hydrogens is 604 g/mol. The number of esters is 4. The average molecular weight is 637 g/mol. The average Bonchev–Trinajstić information content (AvgIpc) is 3.13. The summed E-state index contributed by atoms with van der Waals surface area (Å²) in [4.78, 5) is 53.2. The number of rotatable bonds is 12. The molecule has 1 saturated heterocycles. The van der Waals surface area contributed by atoms with Crippen LogP contribution in [-0.4, -0.2) is 67.8 Å². The van der Waals surface area contributed by atoms with Crippen molar-refractivity contribution in [3.63, 3.8) is 0 Å². The molecule has 1 aliphatic heterocycles. The van der Waals surface area contributed by atoms with E-state index in [9.17, 15) is 19.2 Å². The fourth-order valence-electron chi connectivity index (χ4n) is 4.82. The van der Waals surface area contributed by atoms with E-state index in [1.807, 2.05) is 0 Å². The number of ether oxygens (including phenoxy) is 6. The molecule has 0 bridgehead atoms. The molecule has 5 atom stereocenters. The molecule has 1 heterocycles. The second-order valence-electron chi connectivity index (χ2n) is 10.3. The zero-order chi connectivity index (χ0) is 33.0. The molecule has 10 nitrogen and oxygen atoms in total. The molecule has 0 amide bonds. The third-order valence-electron chi connectivity index (χ3n) is 7.12. The molecule has 0 saturated carbocycles. The van der Waals surface area contributed by atoms with Gasteiger partial charge in [-0.1, -0.05) is 78.9 Å². The van der Waals surface area contributed by atoms with Gasteiger partial charge in [0, 0.05) is 0 Å². The van der Waals surface area contributed by atoms with Gasteiger partial charge in [0.15, 0.2) is 24.6 Å². The molecule has 0 N–H and O–H groups in total. The molecule has 0 radical (unpaired) electrons. The Morgan fingerprint density at radius 3 is 1.36 bits per heavy atom. The Hall–Kier alpha value is -5.58. The monoisotopic (exact) mass is 636 g/mol. The lowest BCUT2D eigenvalue weighted by Gasteiger charge is -2.44. The Morgan fingerprint density at radius 1 is 0.553 bits per heavy atom. The third kappa shape index (κ3) is 8.57. The summed E-state index contributed by atoms with van der Waals surface area (Å²) in [7, 11) is 0. The van der Waals surface area contributed by atoms with Crippen molar-refractivity contribution in [2.45, 2.75) is 30.7 Å². The maximum Gasteiger partial charge on any atom is 0.338 e. The quantitative estimate of drug-likeness (QED) is 0.113. The summed E-state index contributed by atoms with van der Waals surface area (Å²) in [5.41, 5.74) is 0.876. The lowest BCUT2D eigenvalue weighted by atomic mass is 9.97. The van der Waals surface area contributed by atoms with Crippen molar-refractivity contribution in [2.24, 2.45) is 0 Å². The Kier molecular flexibility index (Phi) is 11.3. The summed E-state index contributed by atoms with van der Waals surface area (Å²) < 4.78 is 35.5. The van der Waals surface area contributed by atoms with Crippen LogP contribution in [0.3, 0.4) is 0 Å². The molecule has 1 fully saturated rings. The Balaban J connectivity index is 1.53. The zero-order valence-corrected chi connectivity index (χ0v) is 25.2. The van der Waals surface area contributed by atoms with E-state index in [1.165, 1.54) is 6.08 Å². The first-order valence-electron chi connectivity index (χ1n) is 14.8. The fraction of sp³-hybridized carbons (Fsp3) is 0.189. The van der Waals surface area contributed by atoms with Gasteiger partial charge < -0.3 is 28.4 Å². The van der Waals surface area contributed by atoms with Crippen LogP contribution < -0.4 is 0 Å². The summed E-state index contributed by atoms with van der Waals surface area (Å²) in [5, 5.41) is 0. The largest absolute Gasteiger partial charge is 0.459 e. The molecular formula is C37H32O10. The maximum atomic E-state index is 13.5. The predicted octanol–water partition coefficient (Wildman–Crippen LogP) is 5.45. The van der Waals surface area contributed by atoms with Crippen LogP contribution in [0.1, 0.15) is 41.4 Å². The molecule has 47 heavy (non-hydrogen) atoms. The van der Waals surface area contributed by atoms with Gasteiger partial charge in [0.05, 0.1) is 28.9 Å². The highest BCUT2D eigenvalue weighted by atomic mass is 16.7. The van der Waals surface area contributed by atoms with E-state index < -0.39 is 61.2 Å². The first-order chi connectivity index (χ1) is 22.9. The van der Waals surface area contributed by atoms with Crippen LogP contribution in [0.5, 0.6) is 0 Å². The van der Waals surface area contributed by atoms with Crippen molar-refractivity contribution in [3.05, 3.63) is 156 Å². The van der Waals surface area contributed by atoms with Gasteiger partial charge >= 0.3 is 23.9 Å².